The van der Waals surface area contributed by atoms with Crippen LogP contribution in [0.25, 0.3) is 5.95 Å². The second-order valence-corrected chi connectivity index (χ2v) is 5.20. The van der Waals surface area contributed by atoms with Gasteiger partial charge in [-0.2, -0.15) is 20.1 Å². The third-order valence-electron chi connectivity index (χ3n) is 3.53. The number of nitrogens with zero attached hydrogens (tertiary/aromatic N) is 5. The molecule has 3 rings (SSSR count). The number of aliphatic hydroxyl groups is 1. The van der Waals surface area contributed by atoms with Crippen molar-refractivity contribution in [3.05, 3.63) is 18.5 Å². The predicted molar refractivity (Wildman–Crippen MR) is 78.4 cm³/mol. The molecule has 0 spiro atoms. The van der Waals surface area contributed by atoms with E-state index in [0.29, 0.717) is 30.9 Å². The van der Waals surface area contributed by atoms with Crippen LogP contribution in [0.2, 0.25) is 0 Å². The molecule has 2 aromatic heterocycles. The van der Waals surface area contributed by atoms with Gasteiger partial charge in [-0.25, -0.2) is 4.68 Å². The number of aromatic nitrogens is 5. The fourth-order valence-electron chi connectivity index (χ4n) is 2.18. The fraction of sp³-hybridized carbons (Fsp3) is 0.538. The maximum atomic E-state index is 10.1. The molecule has 0 unspecified atom stereocenters. The summed E-state index contributed by atoms with van der Waals surface area (Å²) in [6, 6.07) is 1.81. The first-order valence-electron chi connectivity index (χ1n) is 7.15. The maximum Gasteiger partial charge on any atom is 0.257 e. The Hall–Kier alpha value is -2.22. The standard InChI is InChI=1S/C13H19N7O/c1-2-14-10-17-11(15-9-13(21)5-3-6-13)19-12(18-10)20-8-4-7-16-20/h4,7-8,21H,2-3,5-6,9H2,1H3,(H2,14,15,17,18,19). The first kappa shape index (κ1) is 13.7. The van der Waals surface area contributed by atoms with E-state index in [1.807, 2.05) is 6.92 Å². The highest BCUT2D eigenvalue weighted by molar-refractivity contribution is 5.38. The van der Waals surface area contributed by atoms with Gasteiger partial charge in [-0.3, -0.25) is 0 Å². The Bertz CT molecular complexity index is 595. The van der Waals surface area contributed by atoms with Gasteiger partial charge in [0.1, 0.15) is 0 Å². The van der Waals surface area contributed by atoms with Gasteiger partial charge in [-0.15, -0.1) is 0 Å². The summed E-state index contributed by atoms with van der Waals surface area (Å²) in [6.45, 7) is 3.13. The Labute approximate surface area is 122 Å². The molecule has 1 fully saturated rings. The minimum absolute atomic E-state index is 0.437. The molecule has 0 bridgehead atoms. The van der Waals surface area contributed by atoms with Crippen LogP contribution in [0.15, 0.2) is 18.5 Å². The summed E-state index contributed by atoms with van der Waals surface area (Å²) in [5.41, 5.74) is -0.628. The molecule has 1 aliphatic carbocycles. The van der Waals surface area contributed by atoms with Crippen molar-refractivity contribution in [1.29, 1.82) is 0 Å². The van der Waals surface area contributed by atoms with E-state index in [4.69, 9.17) is 0 Å². The van der Waals surface area contributed by atoms with Crippen molar-refractivity contribution in [2.45, 2.75) is 31.8 Å². The SMILES string of the molecule is CCNc1nc(NCC2(O)CCC2)nc(-n2cccn2)n1. The predicted octanol–water partition coefficient (Wildman–Crippen LogP) is 0.816. The van der Waals surface area contributed by atoms with Crippen molar-refractivity contribution < 1.29 is 5.11 Å². The van der Waals surface area contributed by atoms with Crippen molar-refractivity contribution in [2.75, 3.05) is 23.7 Å². The molecule has 0 aromatic carbocycles. The molecule has 0 aliphatic heterocycles. The smallest absolute Gasteiger partial charge is 0.257 e. The second kappa shape index (κ2) is 5.65. The molecule has 0 amide bonds. The Morgan fingerprint density at radius 2 is 2.00 bits per heavy atom. The average molecular weight is 289 g/mol. The Balaban J connectivity index is 1.81. The first-order chi connectivity index (χ1) is 10.2. The normalized spacial score (nSPS) is 16.3. The highest BCUT2D eigenvalue weighted by Crippen LogP contribution is 2.31. The highest BCUT2D eigenvalue weighted by Gasteiger charge is 2.34. The fourth-order valence-corrected chi connectivity index (χ4v) is 2.18. The Morgan fingerprint density at radius 1 is 1.24 bits per heavy atom. The zero-order valence-corrected chi connectivity index (χ0v) is 12.0. The largest absolute Gasteiger partial charge is 0.388 e. The minimum Gasteiger partial charge on any atom is -0.388 e. The van der Waals surface area contributed by atoms with Crippen LogP contribution in [-0.2, 0) is 0 Å². The van der Waals surface area contributed by atoms with Crippen LogP contribution in [0, 0.1) is 0 Å². The summed E-state index contributed by atoms with van der Waals surface area (Å²) in [5.74, 6) is 1.36. The Kier molecular flexibility index (Phi) is 3.70. The van der Waals surface area contributed by atoms with Gasteiger partial charge in [0.05, 0.1) is 5.60 Å². The van der Waals surface area contributed by atoms with Crippen LogP contribution in [0.1, 0.15) is 26.2 Å². The van der Waals surface area contributed by atoms with Crippen LogP contribution < -0.4 is 10.6 Å². The van der Waals surface area contributed by atoms with Crippen LogP contribution >= 0.6 is 0 Å². The van der Waals surface area contributed by atoms with Gasteiger partial charge in [-0.1, -0.05) is 0 Å². The average Bonchev–Trinajstić information content (AvgIpc) is 2.97. The van der Waals surface area contributed by atoms with E-state index >= 15 is 0 Å². The van der Waals surface area contributed by atoms with Crippen LogP contribution in [-0.4, -0.2) is 48.5 Å². The summed E-state index contributed by atoms with van der Waals surface area (Å²) < 4.78 is 1.58. The molecule has 1 saturated carbocycles. The first-order valence-corrected chi connectivity index (χ1v) is 7.15. The van der Waals surface area contributed by atoms with E-state index in [2.05, 4.69) is 30.7 Å². The lowest BCUT2D eigenvalue weighted by atomic mass is 9.80. The summed E-state index contributed by atoms with van der Waals surface area (Å²) >= 11 is 0. The molecule has 2 heterocycles. The molecule has 1 aliphatic rings. The second-order valence-electron chi connectivity index (χ2n) is 5.20. The number of nitrogens with one attached hydrogen (secondary N) is 2. The number of hydrogen-bond donors (Lipinski definition) is 3. The van der Waals surface area contributed by atoms with E-state index in [9.17, 15) is 5.11 Å². The third kappa shape index (κ3) is 3.10. The van der Waals surface area contributed by atoms with Crippen molar-refractivity contribution in [2.24, 2.45) is 0 Å². The van der Waals surface area contributed by atoms with Crippen molar-refractivity contribution in [1.82, 2.24) is 24.7 Å². The van der Waals surface area contributed by atoms with Gasteiger partial charge >= 0.3 is 0 Å². The molecule has 0 radical (unpaired) electrons. The van der Waals surface area contributed by atoms with Crippen LogP contribution in [0.3, 0.4) is 0 Å². The van der Waals surface area contributed by atoms with E-state index in [1.54, 1.807) is 23.1 Å². The van der Waals surface area contributed by atoms with Gasteiger partial charge in [0.2, 0.25) is 11.9 Å². The topological polar surface area (TPSA) is 101 Å². The minimum atomic E-state index is -0.628. The molecule has 8 heteroatoms. The van der Waals surface area contributed by atoms with Gasteiger partial charge in [0.25, 0.3) is 5.95 Å². The van der Waals surface area contributed by atoms with Gasteiger partial charge in [0, 0.05) is 25.5 Å². The summed E-state index contributed by atoms with van der Waals surface area (Å²) in [6.07, 6.45) is 6.14. The summed E-state index contributed by atoms with van der Waals surface area (Å²) in [5, 5.41) is 20.4. The molecule has 8 nitrogen and oxygen atoms in total. The molecule has 112 valence electrons. The van der Waals surface area contributed by atoms with E-state index in [1.165, 1.54) is 0 Å². The number of rotatable bonds is 6. The van der Waals surface area contributed by atoms with Crippen LogP contribution in [0.4, 0.5) is 11.9 Å². The molecule has 21 heavy (non-hydrogen) atoms. The molecule has 0 saturated heterocycles. The zero-order chi connectivity index (χ0) is 14.7. The zero-order valence-electron chi connectivity index (χ0n) is 12.0. The number of anilines is 2. The monoisotopic (exact) mass is 289 g/mol. The maximum absolute atomic E-state index is 10.1. The molecular formula is C13H19N7O. The summed E-state index contributed by atoms with van der Waals surface area (Å²) in [4.78, 5) is 12.9. The van der Waals surface area contributed by atoms with E-state index in [0.717, 1.165) is 19.3 Å². The van der Waals surface area contributed by atoms with Gasteiger partial charge < -0.3 is 15.7 Å². The van der Waals surface area contributed by atoms with Crippen molar-refractivity contribution >= 4 is 11.9 Å². The molecular weight excluding hydrogens is 270 g/mol. The summed E-state index contributed by atoms with van der Waals surface area (Å²) in [7, 11) is 0. The van der Waals surface area contributed by atoms with Gasteiger partial charge in [-0.05, 0) is 32.3 Å². The van der Waals surface area contributed by atoms with Crippen molar-refractivity contribution in [3.63, 3.8) is 0 Å². The van der Waals surface area contributed by atoms with Gasteiger partial charge in [0.15, 0.2) is 0 Å². The Morgan fingerprint density at radius 3 is 2.57 bits per heavy atom. The lowest BCUT2D eigenvalue weighted by Crippen LogP contribution is -2.43. The molecule has 0 atom stereocenters. The lowest BCUT2D eigenvalue weighted by Gasteiger charge is -2.36. The highest BCUT2D eigenvalue weighted by atomic mass is 16.3. The van der Waals surface area contributed by atoms with Crippen molar-refractivity contribution in [3.8, 4) is 5.95 Å². The molecule has 2 aromatic rings. The number of hydrogen-bond acceptors (Lipinski definition) is 7. The quantitative estimate of drug-likeness (QED) is 0.723. The van der Waals surface area contributed by atoms with Crippen LogP contribution in [0.5, 0.6) is 0 Å². The van der Waals surface area contributed by atoms with E-state index < -0.39 is 5.60 Å². The lowest BCUT2D eigenvalue weighted by molar-refractivity contribution is -0.0203. The third-order valence-corrected chi connectivity index (χ3v) is 3.53. The molecule has 3 N–H and O–H groups in total. The van der Waals surface area contributed by atoms with E-state index in [-0.39, 0.29) is 0 Å².